The molecule has 20 heavy (non-hydrogen) atoms. The first-order chi connectivity index (χ1) is 9.28. The molecule has 1 aromatic rings. The van der Waals surface area contributed by atoms with Gasteiger partial charge in [0, 0.05) is 13.1 Å². The summed E-state index contributed by atoms with van der Waals surface area (Å²) in [6, 6.07) is 2.00. The largest absolute Gasteiger partial charge is 0.573 e. The maximum absolute atomic E-state index is 12.2. The molecule has 0 amide bonds. The van der Waals surface area contributed by atoms with Crippen LogP contribution in [0, 0.1) is 17.0 Å². The summed E-state index contributed by atoms with van der Waals surface area (Å²) in [7, 11) is 0. The molecule has 0 saturated carbocycles. The molecule has 0 bridgehead atoms. The van der Waals surface area contributed by atoms with Gasteiger partial charge in [0.2, 0.25) is 0 Å². The molecule has 5 nitrogen and oxygen atoms in total. The molecule has 8 heteroatoms. The zero-order valence-electron chi connectivity index (χ0n) is 10.7. The van der Waals surface area contributed by atoms with Crippen molar-refractivity contribution in [2.75, 3.05) is 18.0 Å². The number of alkyl halides is 3. The lowest BCUT2D eigenvalue weighted by molar-refractivity contribution is -0.384. The highest BCUT2D eigenvalue weighted by atomic mass is 19.4. The summed E-state index contributed by atoms with van der Waals surface area (Å²) in [5.74, 6) is -0.565. The number of rotatable bonds is 3. The minimum absolute atomic E-state index is 0.355. The molecule has 0 atom stereocenters. The first kappa shape index (κ1) is 14.4. The van der Waals surface area contributed by atoms with Crippen molar-refractivity contribution in [3.05, 3.63) is 27.8 Å². The van der Waals surface area contributed by atoms with Gasteiger partial charge in [-0.3, -0.25) is 10.1 Å². The molecule has 1 fully saturated rings. The van der Waals surface area contributed by atoms with Crippen molar-refractivity contribution in [3.8, 4) is 5.75 Å². The van der Waals surface area contributed by atoms with Gasteiger partial charge in [0.15, 0.2) is 0 Å². The molecule has 1 aromatic carbocycles. The Morgan fingerprint density at radius 2 is 1.90 bits per heavy atom. The smallest absolute Gasteiger partial charge is 0.406 e. The van der Waals surface area contributed by atoms with E-state index in [-0.39, 0.29) is 5.69 Å². The Balaban J connectivity index is 2.44. The average Bonchev–Trinajstić information content (AvgIpc) is 2.78. The Morgan fingerprint density at radius 3 is 2.40 bits per heavy atom. The van der Waals surface area contributed by atoms with Gasteiger partial charge in [-0.05, 0) is 31.4 Å². The van der Waals surface area contributed by atoms with Gasteiger partial charge in [-0.2, -0.15) is 0 Å². The number of hydrogen-bond donors (Lipinski definition) is 0. The Hall–Kier alpha value is -1.99. The number of nitro groups is 1. The minimum atomic E-state index is -4.87. The average molecular weight is 290 g/mol. The molecule has 1 aliphatic heterocycles. The van der Waals surface area contributed by atoms with Crippen LogP contribution in [-0.2, 0) is 0 Å². The van der Waals surface area contributed by atoms with Crippen LogP contribution in [0.4, 0.5) is 24.5 Å². The summed E-state index contributed by atoms with van der Waals surface area (Å²) in [6.45, 7) is 2.88. The first-order valence-electron chi connectivity index (χ1n) is 6.07. The van der Waals surface area contributed by atoms with E-state index in [0.717, 1.165) is 18.9 Å². The molecular formula is C12H13F3N2O3. The van der Waals surface area contributed by atoms with E-state index in [1.807, 2.05) is 4.90 Å². The molecule has 1 heterocycles. The van der Waals surface area contributed by atoms with Gasteiger partial charge in [-0.25, -0.2) is 0 Å². The maximum Gasteiger partial charge on any atom is 0.573 e. The van der Waals surface area contributed by atoms with Crippen LogP contribution in [0.3, 0.4) is 0 Å². The van der Waals surface area contributed by atoms with E-state index in [0.29, 0.717) is 24.3 Å². The van der Waals surface area contributed by atoms with Gasteiger partial charge in [-0.15, -0.1) is 13.2 Å². The third-order valence-electron chi connectivity index (χ3n) is 3.11. The van der Waals surface area contributed by atoms with E-state index in [9.17, 15) is 23.3 Å². The molecule has 1 aliphatic rings. The number of anilines is 1. The van der Waals surface area contributed by atoms with Gasteiger partial charge < -0.3 is 9.64 Å². The lowest BCUT2D eigenvalue weighted by Gasteiger charge is -2.20. The van der Waals surface area contributed by atoms with E-state index < -0.39 is 17.0 Å². The maximum atomic E-state index is 12.2. The summed E-state index contributed by atoms with van der Waals surface area (Å²) in [5.41, 5.74) is 0.425. The predicted molar refractivity (Wildman–Crippen MR) is 66.0 cm³/mol. The quantitative estimate of drug-likeness (QED) is 0.632. The lowest BCUT2D eigenvalue weighted by atomic mass is 10.1. The van der Waals surface area contributed by atoms with Crippen LogP contribution >= 0.6 is 0 Å². The number of nitrogens with zero attached hydrogens (tertiary/aromatic N) is 2. The molecule has 110 valence electrons. The van der Waals surface area contributed by atoms with Gasteiger partial charge in [0.1, 0.15) is 11.4 Å². The highest BCUT2D eigenvalue weighted by molar-refractivity contribution is 5.70. The Morgan fingerprint density at radius 1 is 1.30 bits per heavy atom. The molecule has 0 unspecified atom stereocenters. The molecular weight excluding hydrogens is 277 g/mol. The monoisotopic (exact) mass is 290 g/mol. The molecule has 2 rings (SSSR count). The fourth-order valence-electron chi connectivity index (χ4n) is 2.41. The normalized spacial score (nSPS) is 15.5. The van der Waals surface area contributed by atoms with Crippen molar-refractivity contribution in [2.24, 2.45) is 0 Å². The summed E-state index contributed by atoms with van der Waals surface area (Å²) < 4.78 is 40.4. The van der Waals surface area contributed by atoms with Gasteiger partial charge >= 0.3 is 6.36 Å². The van der Waals surface area contributed by atoms with Crippen molar-refractivity contribution < 1.29 is 22.8 Å². The van der Waals surface area contributed by atoms with E-state index in [1.54, 1.807) is 6.92 Å². The Bertz CT molecular complexity index is 525. The fourth-order valence-corrected chi connectivity index (χ4v) is 2.41. The molecule has 0 aromatic heterocycles. The second-order valence-corrected chi connectivity index (χ2v) is 4.61. The highest BCUT2D eigenvalue weighted by Crippen LogP contribution is 2.38. The van der Waals surface area contributed by atoms with Crippen molar-refractivity contribution >= 4 is 11.4 Å². The van der Waals surface area contributed by atoms with E-state index in [4.69, 9.17) is 0 Å². The predicted octanol–water partition coefficient (Wildman–Crippen LogP) is 3.40. The summed E-state index contributed by atoms with van der Waals surface area (Å²) in [5, 5.41) is 11.1. The minimum Gasteiger partial charge on any atom is -0.406 e. The third kappa shape index (κ3) is 3.12. The molecule has 0 N–H and O–H groups in total. The van der Waals surface area contributed by atoms with Crippen LogP contribution in [0.5, 0.6) is 5.75 Å². The standard InChI is InChI=1S/C12H13F3N2O3/c1-8-6-9(20-12(13,14)15)7-10(17(18)19)11(8)16-4-2-3-5-16/h6-7H,2-5H2,1H3. The van der Waals surface area contributed by atoms with E-state index in [1.165, 1.54) is 6.07 Å². The van der Waals surface area contributed by atoms with E-state index >= 15 is 0 Å². The SMILES string of the molecule is Cc1cc(OC(F)(F)F)cc([N+](=O)[O-])c1N1CCCC1. The topological polar surface area (TPSA) is 55.6 Å². The second-order valence-electron chi connectivity index (χ2n) is 4.61. The van der Waals surface area contributed by atoms with Gasteiger partial charge in [0.05, 0.1) is 11.0 Å². The van der Waals surface area contributed by atoms with Crippen LogP contribution < -0.4 is 9.64 Å². The number of hydrogen-bond acceptors (Lipinski definition) is 4. The van der Waals surface area contributed by atoms with Crippen LogP contribution in [0.2, 0.25) is 0 Å². The number of benzene rings is 1. The molecule has 1 saturated heterocycles. The van der Waals surface area contributed by atoms with Crippen LogP contribution in [0.25, 0.3) is 0 Å². The van der Waals surface area contributed by atoms with Crippen LogP contribution in [0.15, 0.2) is 12.1 Å². The third-order valence-corrected chi connectivity index (χ3v) is 3.11. The van der Waals surface area contributed by atoms with Crippen LogP contribution in [0.1, 0.15) is 18.4 Å². The number of nitro benzene ring substituents is 1. The highest BCUT2D eigenvalue weighted by Gasteiger charge is 2.33. The zero-order chi connectivity index (χ0) is 14.9. The van der Waals surface area contributed by atoms with Crippen molar-refractivity contribution in [2.45, 2.75) is 26.1 Å². The zero-order valence-corrected chi connectivity index (χ0v) is 10.7. The van der Waals surface area contributed by atoms with Crippen molar-refractivity contribution in [1.29, 1.82) is 0 Å². The second kappa shape index (κ2) is 5.18. The van der Waals surface area contributed by atoms with Crippen molar-refractivity contribution in [1.82, 2.24) is 0 Å². The molecule has 0 aliphatic carbocycles. The number of halogens is 3. The lowest BCUT2D eigenvalue weighted by Crippen LogP contribution is -2.21. The Labute approximate surface area is 113 Å². The van der Waals surface area contributed by atoms with E-state index in [2.05, 4.69) is 4.74 Å². The van der Waals surface area contributed by atoms with Gasteiger partial charge in [0.25, 0.3) is 5.69 Å². The number of aryl methyl sites for hydroxylation is 1. The first-order valence-corrected chi connectivity index (χ1v) is 6.07. The Kier molecular flexibility index (Phi) is 3.74. The number of ether oxygens (including phenoxy) is 1. The summed E-state index contributed by atoms with van der Waals surface area (Å²) in [6.07, 6.45) is -3.04. The summed E-state index contributed by atoms with van der Waals surface area (Å²) in [4.78, 5) is 12.2. The molecule has 0 spiro atoms. The molecule has 0 radical (unpaired) electrons. The van der Waals surface area contributed by atoms with Crippen LogP contribution in [-0.4, -0.2) is 24.4 Å². The fraction of sp³-hybridized carbons (Fsp3) is 0.500. The summed E-state index contributed by atoms with van der Waals surface area (Å²) >= 11 is 0. The van der Waals surface area contributed by atoms with Crippen molar-refractivity contribution in [3.63, 3.8) is 0 Å². The van der Waals surface area contributed by atoms with Gasteiger partial charge in [-0.1, -0.05) is 0 Å².